The molecule has 1 amide bonds. The first-order valence-electron chi connectivity index (χ1n) is 6.42. The maximum Gasteiger partial charge on any atom is 0.236 e. The Labute approximate surface area is 109 Å². The molecule has 1 rings (SSSR count). The van der Waals surface area contributed by atoms with Crippen LogP contribution in [0.25, 0.3) is 0 Å². The molecule has 0 aliphatic rings. The molecule has 0 aliphatic heterocycles. The van der Waals surface area contributed by atoms with Gasteiger partial charge in [0.1, 0.15) is 0 Å². The van der Waals surface area contributed by atoms with Gasteiger partial charge in [0.05, 0.1) is 6.04 Å². The largest absolute Gasteiger partial charge is 0.354 e. The first-order valence-corrected chi connectivity index (χ1v) is 6.42. The molecular weight excluding hydrogens is 226 g/mol. The quantitative estimate of drug-likeness (QED) is 0.666. The number of rotatable bonds is 7. The first kappa shape index (κ1) is 14.7. The summed E-state index contributed by atoms with van der Waals surface area (Å²) >= 11 is 0. The van der Waals surface area contributed by atoms with E-state index in [1.165, 1.54) is 11.1 Å². The first-order chi connectivity index (χ1) is 8.63. The van der Waals surface area contributed by atoms with Crippen molar-refractivity contribution in [1.82, 2.24) is 5.32 Å². The van der Waals surface area contributed by atoms with Crippen molar-refractivity contribution in [3.8, 4) is 0 Å². The molecule has 1 aromatic carbocycles. The third-order valence-electron chi connectivity index (χ3n) is 2.89. The summed E-state index contributed by atoms with van der Waals surface area (Å²) in [5.74, 6) is -0.0874. The van der Waals surface area contributed by atoms with E-state index in [-0.39, 0.29) is 5.91 Å². The topological polar surface area (TPSA) is 81.1 Å². The molecular formula is C14H23N3O. The number of hydrogen-bond donors (Lipinski definition) is 3. The molecule has 0 saturated carbocycles. The van der Waals surface area contributed by atoms with E-state index in [9.17, 15) is 4.79 Å². The van der Waals surface area contributed by atoms with Crippen LogP contribution < -0.4 is 16.8 Å². The van der Waals surface area contributed by atoms with E-state index >= 15 is 0 Å². The van der Waals surface area contributed by atoms with E-state index in [4.69, 9.17) is 11.5 Å². The van der Waals surface area contributed by atoms with Crippen LogP contribution in [0.1, 0.15) is 24.0 Å². The van der Waals surface area contributed by atoms with Gasteiger partial charge in [-0.3, -0.25) is 4.79 Å². The molecule has 0 radical (unpaired) electrons. The van der Waals surface area contributed by atoms with Gasteiger partial charge in [0.2, 0.25) is 5.91 Å². The zero-order valence-electron chi connectivity index (χ0n) is 11.0. The Hall–Kier alpha value is -1.39. The summed E-state index contributed by atoms with van der Waals surface area (Å²) in [5.41, 5.74) is 13.6. The number of amides is 1. The second-order valence-electron chi connectivity index (χ2n) is 4.56. The minimum atomic E-state index is -0.438. The summed E-state index contributed by atoms with van der Waals surface area (Å²) in [6.45, 7) is 3.25. The standard InChI is InChI=1S/C14H23N3O/c1-11-4-6-12(7-5-11)8-10-17-14(18)13(16)3-2-9-15/h4-7,13H,2-3,8-10,15-16H2,1H3,(H,17,18). The molecule has 0 bridgehead atoms. The SMILES string of the molecule is Cc1ccc(CCNC(=O)C(N)CCCN)cc1. The smallest absolute Gasteiger partial charge is 0.236 e. The summed E-state index contributed by atoms with van der Waals surface area (Å²) in [6, 6.07) is 7.87. The van der Waals surface area contributed by atoms with Crippen LogP contribution in [0.5, 0.6) is 0 Å². The fraction of sp³-hybridized carbons (Fsp3) is 0.500. The summed E-state index contributed by atoms with van der Waals surface area (Å²) in [5, 5.41) is 2.85. The van der Waals surface area contributed by atoms with Crippen LogP contribution in [0.15, 0.2) is 24.3 Å². The summed E-state index contributed by atoms with van der Waals surface area (Å²) in [4.78, 5) is 11.6. The van der Waals surface area contributed by atoms with Crippen LogP contribution in [0.4, 0.5) is 0 Å². The zero-order chi connectivity index (χ0) is 13.4. The second-order valence-corrected chi connectivity index (χ2v) is 4.56. The number of aryl methyl sites for hydroxylation is 1. The molecule has 1 unspecified atom stereocenters. The summed E-state index contributed by atoms with van der Waals surface area (Å²) in [6.07, 6.45) is 2.26. The second kappa shape index (κ2) is 7.84. The molecule has 0 spiro atoms. The molecule has 0 heterocycles. The zero-order valence-corrected chi connectivity index (χ0v) is 11.0. The molecule has 1 aromatic rings. The number of hydrogen-bond acceptors (Lipinski definition) is 3. The van der Waals surface area contributed by atoms with Crippen molar-refractivity contribution in [2.24, 2.45) is 11.5 Å². The van der Waals surface area contributed by atoms with Crippen molar-refractivity contribution in [3.63, 3.8) is 0 Å². The van der Waals surface area contributed by atoms with Crippen molar-refractivity contribution >= 4 is 5.91 Å². The Morgan fingerprint density at radius 2 is 2.00 bits per heavy atom. The minimum absolute atomic E-state index is 0.0874. The van der Waals surface area contributed by atoms with Crippen molar-refractivity contribution in [1.29, 1.82) is 0 Å². The average Bonchev–Trinajstić information content (AvgIpc) is 2.38. The van der Waals surface area contributed by atoms with Gasteiger partial charge in [0.25, 0.3) is 0 Å². The minimum Gasteiger partial charge on any atom is -0.354 e. The lowest BCUT2D eigenvalue weighted by molar-refractivity contribution is -0.122. The lowest BCUT2D eigenvalue weighted by Gasteiger charge is -2.11. The monoisotopic (exact) mass is 249 g/mol. The number of nitrogens with two attached hydrogens (primary N) is 2. The molecule has 1 atom stereocenters. The van der Waals surface area contributed by atoms with Gasteiger partial charge in [0, 0.05) is 6.54 Å². The predicted octanol–water partition coefficient (Wildman–Crippen LogP) is 0.720. The Morgan fingerprint density at radius 3 is 2.61 bits per heavy atom. The highest BCUT2D eigenvalue weighted by molar-refractivity contribution is 5.81. The third kappa shape index (κ3) is 5.29. The van der Waals surface area contributed by atoms with Crippen LogP contribution >= 0.6 is 0 Å². The van der Waals surface area contributed by atoms with Crippen molar-refractivity contribution < 1.29 is 4.79 Å². The summed E-state index contributed by atoms with van der Waals surface area (Å²) < 4.78 is 0. The highest BCUT2D eigenvalue weighted by atomic mass is 16.2. The van der Waals surface area contributed by atoms with E-state index in [0.29, 0.717) is 19.5 Å². The molecule has 5 N–H and O–H groups in total. The van der Waals surface area contributed by atoms with E-state index < -0.39 is 6.04 Å². The van der Waals surface area contributed by atoms with Crippen molar-refractivity contribution in [2.75, 3.05) is 13.1 Å². The maximum absolute atomic E-state index is 11.6. The molecule has 18 heavy (non-hydrogen) atoms. The molecule has 4 nitrogen and oxygen atoms in total. The van der Waals surface area contributed by atoms with Gasteiger partial charge in [-0.1, -0.05) is 29.8 Å². The summed E-state index contributed by atoms with van der Waals surface area (Å²) in [7, 11) is 0. The van der Waals surface area contributed by atoms with Crippen molar-refractivity contribution in [3.05, 3.63) is 35.4 Å². The van der Waals surface area contributed by atoms with Gasteiger partial charge in [-0.15, -0.1) is 0 Å². The van der Waals surface area contributed by atoms with Gasteiger partial charge in [-0.05, 0) is 38.3 Å². The maximum atomic E-state index is 11.6. The lowest BCUT2D eigenvalue weighted by Crippen LogP contribution is -2.41. The van der Waals surface area contributed by atoms with Gasteiger partial charge in [-0.2, -0.15) is 0 Å². The number of nitrogens with one attached hydrogen (secondary N) is 1. The molecule has 0 saturated heterocycles. The Bertz CT molecular complexity index is 362. The molecule has 4 heteroatoms. The van der Waals surface area contributed by atoms with Crippen LogP contribution in [0.2, 0.25) is 0 Å². The number of carbonyl (C=O) groups is 1. The van der Waals surface area contributed by atoms with Crippen LogP contribution in [0.3, 0.4) is 0 Å². The van der Waals surface area contributed by atoms with Gasteiger partial charge in [-0.25, -0.2) is 0 Å². The van der Waals surface area contributed by atoms with E-state index in [2.05, 4.69) is 36.5 Å². The third-order valence-corrected chi connectivity index (χ3v) is 2.89. The van der Waals surface area contributed by atoms with Crippen LogP contribution in [-0.4, -0.2) is 25.0 Å². The Kier molecular flexibility index (Phi) is 6.39. The van der Waals surface area contributed by atoms with Crippen LogP contribution in [-0.2, 0) is 11.2 Å². The fourth-order valence-corrected chi connectivity index (χ4v) is 1.68. The van der Waals surface area contributed by atoms with Gasteiger partial charge >= 0.3 is 0 Å². The highest BCUT2D eigenvalue weighted by Crippen LogP contribution is 2.03. The number of benzene rings is 1. The number of carbonyl (C=O) groups excluding carboxylic acids is 1. The average molecular weight is 249 g/mol. The van der Waals surface area contributed by atoms with Gasteiger partial charge in [0.15, 0.2) is 0 Å². The van der Waals surface area contributed by atoms with Gasteiger partial charge < -0.3 is 16.8 Å². The van der Waals surface area contributed by atoms with E-state index in [1.54, 1.807) is 0 Å². The molecule has 0 aromatic heterocycles. The molecule has 0 fully saturated rings. The Balaban J connectivity index is 2.24. The molecule has 100 valence electrons. The lowest BCUT2D eigenvalue weighted by atomic mass is 10.1. The van der Waals surface area contributed by atoms with E-state index in [0.717, 1.165) is 12.8 Å². The fourth-order valence-electron chi connectivity index (χ4n) is 1.68. The van der Waals surface area contributed by atoms with Crippen molar-refractivity contribution in [2.45, 2.75) is 32.2 Å². The van der Waals surface area contributed by atoms with Crippen LogP contribution in [0, 0.1) is 6.92 Å². The highest BCUT2D eigenvalue weighted by Gasteiger charge is 2.11. The predicted molar refractivity (Wildman–Crippen MR) is 74.2 cm³/mol. The van der Waals surface area contributed by atoms with E-state index in [1.807, 2.05) is 0 Å². The molecule has 0 aliphatic carbocycles. The Morgan fingerprint density at radius 1 is 1.33 bits per heavy atom. The normalized spacial score (nSPS) is 12.2.